The molecule has 0 amide bonds. The molecule has 0 saturated carbocycles. The number of aromatic nitrogens is 2. The Kier molecular flexibility index (Phi) is 2.54. The fraction of sp³-hybridized carbons (Fsp3) is 0.385. The molecule has 2 heterocycles. The Morgan fingerprint density at radius 3 is 2.75 bits per heavy atom. The molecule has 1 aliphatic rings. The first kappa shape index (κ1) is 9.73. The van der Waals surface area contributed by atoms with Gasteiger partial charge in [0.2, 0.25) is 0 Å². The zero-order valence-electron chi connectivity index (χ0n) is 9.19. The van der Waals surface area contributed by atoms with Crippen LogP contribution in [0, 0.1) is 0 Å². The highest BCUT2D eigenvalue weighted by Crippen LogP contribution is 2.25. The van der Waals surface area contributed by atoms with E-state index in [1.807, 2.05) is 12.4 Å². The van der Waals surface area contributed by atoms with E-state index >= 15 is 0 Å². The maximum atomic E-state index is 3.93. The SMILES string of the molecule is c1cc2cnncc2cc1C1CCCCN1. The third-order valence-electron chi connectivity index (χ3n) is 3.28. The third kappa shape index (κ3) is 1.78. The van der Waals surface area contributed by atoms with Gasteiger partial charge in [-0.3, -0.25) is 0 Å². The van der Waals surface area contributed by atoms with Crippen molar-refractivity contribution in [2.75, 3.05) is 6.54 Å². The van der Waals surface area contributed by atoms with E-state index in [9.17, 15) is 0 Å². The highest BCUT2D eigenvalue weighted by Gasteiger charge is 2.14. The second-order valence-electron chi connectivity index (χ2n) is 4.38. The Bertz CT molecular complexity index is 489. The zero-order valence-corrected chi connectivity index (χ0v) is 9.19. The van der Waals surface area contributed by atoms with Gasteiger partial charge in [0.25, 0.3) is 0 Å². The Morgan fingerprint density at radius 2 is 1.94 bits per heavy atom. The summed E-state index contributed by atoms with van der Waals surface area (Å²) in [5.41, 5.74) is 1.38. The standard InChI is InChI=1S/C13H15N3/c1-2-6-14-13(3-1)10-4-5-11-8-15-16-9-12(11)7-10/h4-5,7-9,13-14H,1-3,6H2. The van der Waals surface area contributed by atoms with Gasteiger partial charge in [0.15, 0.2) is 0 Å². The highest BCUT2D eigenvalue weighted by atomic mass is 15.1. The largest absolute Gasteiger partial charge is 0.310 e. The first-order chi connectivity index (χ1) is 7.93. The van der Waals surface area contributed by atoms with E-state index in [2.05, 4.69) is 33.7 Å². The molecule has 1 aliphatic heterocycles. The molecule has 1 saturated heterocycles. The van der Waals surface area contributed by atoms with E-state index in [4.69, 9.17) is 0 Å². The maximum absolute atomic E-state index is 3.93. The maximum Gasteiger partial charge on any atom is 0.0574 e. The van der Waals surface area contributed by atoms with E-state index < -0.39 is 0 Å². The van der Waals surface area contributed by atoms with E-state index in [-0.39, 0.29) is 0 Å². The number of nitrogens with one attached hydrogen (secondary N) is 1. The van der Waals surface area contributed by atoms with Gasteiger partial charge in [-0.05, 0) is 31.0 Å². The van der Waals surface area contributed by atoms with Gasteiger partial charge >= 0.3 is 0 Å². The number of nitrogens with zero attached hydrogens (tertiary/aromatic N) is 2. The number of hydrogen-bond donors (Lipinski definition) is 1. The van der Waals surface area contributed by atoms with Gasteiger partial charge in [0.05, 0.1) is 12.4 Å². The van der Waals surface area contributed by atoms with Crippen molar-refractivity contribution in [2.24, 2.45) is 0 Å². The third-order valence-corrected chi connectivity index (χ3v) is 3.28. The molecule has 1 N–H and O–H groups in total. The summed E-state index contributed by atoms with van der Waals surface area (Å²) >= 11 is 0. The van der Waals surface area contributed by atoms with Crippen molar-refractivity contribution in [1.82, 2.24) is 15.5 Å². The lowest BCUT2D eigenvalue weighted by molar-refractivity contribution is 0.412. The predicted octanol–water partition coefficient (Wildman–Crippen LogP) is 2.44. The van der Waals surface area contributed by atoms with Crippen LogP contribution in [0.1, 0.15) is 30.9 Å². The summed E-state index contributed by atoms with van der Waals surface area (Å²) in [5, 5.41) is 13.7. The Labute approximate surface area is 94.9 Å². The first-order valence-corrected chi connectivity index (χ1v) is 5.87. The molecule has 2 aromatic rings. The second-order valence-corrected chi connectivity index (χ2v) is 4.38. The van der Waals surface area contributed by atoms with E-state index in [1.54, 1.807) is 0 Å². The van der Waals surface area contributed by atoms with Gasteiger partial charge in [0.1, 0.15) is 0 Å². The fourth-order valence-electron chi connectivity index (χ4n) is 2.37. The normalized spacial score (nSPS) is 21.1. The summed E-state index contributed by atoms with van der Waals surface area (Å²) in [6, 6.07) is 7.08. The molecular weight excluding hydrogens is 198 g/mol. The van der Waals surface area contributed by atoms with Crippen molar-refractivity contribution < 1.29 is 0 Å². The van der Waals surface area contributed by atoms with E-state index in [0.717, 1.165) is 11.9 Å². The van der Waals surface area contributed by atoms with Crippen LogP contribution in [0.3, 0.4) is 0 Å². The zero-order chi connectivity index (χ0) is 10.8. The summed E-state index contributed by atoms with van der Waals surface area (Å²) in [6.45, 7) is 1.14. The van der Waals surface area contributed by atoms with E-state index in [0.29, 0.717) is 6.04 Å². The van der Waals surface area contributed by atoms with Crippen molar-refractivity contribution in [2.45, 2.75) is 25.3 Å². The molecule has 0 aliphatic carbocycles. The van der Waals surface area contributed by atoms with Gasteiger partial charge in [0, 0.05) is 16.8 Å². The number of piperidine rings is 1. The molecule has 16 heavy (non-hydrogen) atoms. The molecule has 0 spiro atoms. The fourth-order valence-corrected chi connectivity index (χ4v) is 2.37. The van der Waals surface area contributed by atoms with Crippen LogP contribution >= 0.6 is 0 Å². The van der Waals surface area contributed by atoms with Gasteiger partial charge in [-0.15, -0.1) is 0 Å². The Morgan fingerprint density at radius 1 is 1.06 bits per heavy atom. The minimum atomic E-state index is 0.520. The number of benzene rings is 1. The summed E-state index contributed by atoms with van der Waals surface area (Å²) in [6.07, 6.45) is 7.51. The van der Waals surface area contributed by atoms with Crippen LogP contribution in [0.25, 0.3) is 10.8 Å². The average molecular weight is 213 g/mol. The van der Waals surface area contributed by atoms with Gasteiger partial charge in [-0.1, -0.05) is 18.6 Å². The minimum Gasteiger partial charge on any atom is -0.310 e. The predicted molar refractivity (Wildman–Crippen MR) is 64.1 cm³/mol. The minimum absolute atomic E-state index is 0.520. The average Bonchev–Trinajstić information content (AvgIpc) is 2.39. The van der Waals surface area contributed by atoms with Crippen molar-refractivity contribution in [3.63, 3.8) is 0 Å². The lowest BCUT2D eigenvalue weighted by atomic mass is 9.96. The van der Waals surface area contributed by atoms with Gasteiger partial charge < -0.3 is 5.32 Å². The molecule has 1 atom stereocenters. The second kappa shape index (κ2) is 4.18. The quantitative estimate of drug-likeness (QED) is 0.790. The lowest BCUT2D eigenvalue weighted by Crippen LogP contribution is -2.26. The molecular formula is C13H15N3. The van der Waals surface area contributed by atoms with Crippen LogP contribution in [-0.2, 0) is 0 Å². The summed E-state index contributed by atoms with van der Waals surface area (Å²) < 4.78 is 0. The van der Waals surface area contributed by atoms with Gasteiger partial charge in [-0.25, -0.2) is 0 Å². The molecule has 1 aromatic heterocycles. The lowest BCUT2D eigenvalue weighted by Gasteiger charge is -2.24. The van der Waals surface area contributed by atoms with Crippen LogP contribution in [0.5, 0.6) is 0 Å². The van der Waals surface area contributed by atoms with Crippen molar-refractivity contribution in [1.29, 1.82) is 0 Å². The van der Waals surface area contributed by atoms with Crippen LogP contribution in [0.2, 0.25) is 0 Å². The van der Waals surface area contributed by atoms with Crippen molar-refractivity contribution >= 4 is 10.8 Å². The Balaban J connectivity index is 1.97. The monoisotopic (exact) mass is 213 g/mol. The van der Waals surface area contributed by atoms with Crippen LogP contribution < -0.4 is 5.32 Å². The van der Waals surface area contributed by atoms with Crippen molar-refractivity contribution in [3.8, 4) is 0 Å². The molecule has 3 heteroatoms. The van der Waals surface area contributed by atoms with Crippen LogP contribution in [-0.4, -0.2) is 16.7 Å². The molecule has 1 fully saturated rings. The first-order valence-electron chi connectivity index (χ1n) is 5.87. The number of hydrogen-bond acceptors (Lipinski definition) is 3. The molecule has 1 aromatic carbocycles. The topological polar surface area (TPSA) is 37.8 Å². The van der Waals surface area contributed by atoms with Crippen LogP contribution in [0.15, 0.2) is 30.6 Å². The summed E-state index contributed by atoms with van der Waals surface area (Å²) in [7, 11) is 0. The molecule has 3 nitrogen and oxygen atoms in total. The molecule has 0 radical (unpaired) electrons. The molecule has 1 unspecified atom stereocenters. The number of rotatable bonds is 1. The van der Waals surface area contributed by atoms with Gasteiger partial charge in [-0.2, -0.15) is 10.2 Å². The summed E-state index contributed by atoms with van der Waals surface area (Å²) in [5.74, 6) is 0. The molecule has 0 bridgehead atoms. The highest BCUT2D eigenvalue weighted by molar-refractivity contribution is 5.81. The number of fused-ring (bicyclic) bond motifs is 1. The smallest absolute Gasteiger partial charge is 0.0574 e. The van der Waals surface area contributed by atoms with Crippen LogP contribution in [0.4, 0.5) is 0 Å². The molecule has 82 valence electrons. The van der Waals surface area contributed by atoms with E-state index in [1.165, 1.54) is 30.2 Å². The Hall–Kier alpha value is -1.48. The molecule has 3 rings (SSSR count). The van der Waals surface area contributed by atoms with Crippen molar-refractivity contribution in [3.05, 3.63) is 36.2 Å². The summed E-state index contributed by atoms with van der Waals surface area (Å²) in [4.78, 5) is 0.